The molecule has 0 saturated heterocycles. The van der Waals surface area contributed by atoms with Gasteiger partial charge in [-0.1, -0.05) is 173 Å². The fraction of sp³-hybridized carbons (Fsp3) is 0.464. The van der Waals surface area contributed by atoms with Gasteiger partial charge in [0, 0.05) is 9.52 Å². The van der Waals surface area contributed by atoms with Gasteiger partial charge in [-0.3, -0.25) is 0 Å². The Labute approximate surface area is 386 Å². The molecule has 0 heterocycles. The Morgan fingerprint density at radius 3 is 1.12 bits per heavy atom. The van der Waals surface area contributed by atoms with Gasteiger partial charge in [-0.15, -0.1) is 69.1 Å². The molecular weight excluding hydrogens is 863 g/mol. The molecule has 8 rings (SSSR count). The van der Waals surface area contributed by atoms with Crippen LogP contribution in [0.15, 0.2) is 97.1 Å². The summed E-state index contributed by atoms with van der Waals surface area (Å²) in [7, 11) is 11.0. The number of hydrogen-bond acceptors (Lipinski definition) is 0. The summed E-state index contributed by atoms with van der Waals surface area (Å²) in [6.45, 7) is 18.2. The van der Waals surface area contributed by atoms with Gasteiger partial charge in [0.05, 0.1) is 0 Å². The molecule has 6 aromatic rings. The maximum atomic E-state index is 4.93. The predicted octanol–water partition coefficient (Wildman–Crippen LogP) is 18.4. The summed E-state index contributed by atoms with van der Waals surface area (Å²) >= 11 is -0.826. The standard InChI is InChI=1S/2C27H33.C2H6Si.2ClH.Zr/c2*1-20-14-21(2)16-24(15-20)25-11-9-10-23-17-22(18-26(23)25)19-27(3)12-7-5-4-6-8-13-27;1-3-2;;;/h2*9-11,14-18H,4-8,12-13,19H2,1-3H3;1-2H3;2*1H;/q2*-1;;;;+4/p-2. The first kappa shape index (κ1) is 48.8. The van der Waals surface area contributed by atoms with E-state index in [0.717, 1.165) is 9.52 Å². The van der Waals surface area contributed by atoms with E-state index in [0.29, 0.717) is 10.8 Å². The molecule has 0 atom stereocenters. The SMILES string of the molecule is C[Si]C.Cc1cc(C)cc(-c2cccc3[cH-]c(CC4(C)CCCCCCC4)cc23)c1.Cc1cc(C)cc(-c2cccc3[cH-]c(CC4(C)CCCCCCC4)cc23)c1.[Cl][Zr+2][Cl]. The number of benzene rings is 4. The minimum atomic E-state index is -0.826. The molecule has 2 aliphatic rings. The summed E-state index contributed by atoms with van der Waals surface area (Å²) in [5, 5.41) is 5.64. The molecule has 0 aliphatic heterocycles. The molecule has 2 radical (unpaired) electrons. The Morgan fingerprint density at radius 2 is 0.800 bits per heavy atom. The van der Waals surface area contributed by atoms with Crippen molar-refractivity contribution in [2.24, 2.45) is 10.8 Å². The van der Waals surface area contributed by atoms with Crippen LogP contribution in [0, 0.1) is 38.5 Å². The zero-order chi connectivity index (χ0) is 43.1. The van der Waals surface area contributed by atoms with Gasteiger partial charge >= 0.3 is 37.9 Å². The Balaban J connectivity index is 0.000000201. The average molecular weight is 935 g/mol. The van der Waals surface area contributed by atoms with Crippen molar-refractivity contribution in [1.82, 2.24) is 0 Å². The first-order chi connectivity index (χ1) is 28.9. The fourth-order valence-electron chi connectivity index (χ4n) is 10.4. The first-order valence-electron chi connectivity index (χ1n) is 23.0. The molecule has 0 N–H and O–H groups in total. The predicted molar refractivity (Wildman–Crippen MR) is 266 cm³/mol. The van der Waals surface area contributed by atoms with Crippen molar-refractivity contribution in [3.63, 3.8) is 0 Å². The van der Waals surface area contributed by atoms with Crippen molar-refractivity contribution in [3.8, 4) is 22.3 Å². The van der Waals surface area contributed by atoms with Crippen molar-refractivity contribution in [3.05, 3.63) is 130 Å². The summed E-state index contributed by atoms with van der Waals surface area (Å²) < 4.78 is 0. The fourth-order valence-corrected chi connectivity index (χ4v) is 10.4. The van der Waals surface area contributed by atoms with E-state index in [1.54, 1.807) is 0 Å². The van der Waals surface area contributed by atoms with Crippen LogP contribution in [0.1, 0.15) is 137 Å². The van der Waals surface area contributed by atoms with Gasteiger partial charge in [-0.05, 0) is 88.2 Å². The molecule has 0 unspecified atom stereocenters. The molecule has 2 fully saturated rings. The Bertz CT molecular complexity index is 2010. The summed E-state index contributed by atoms with van der Waals surface area (Å²) in [4.78, 5) is 0. The topological polar surface area (TPSA) is 0 Å². The van der Waals surface area contributed by atoms with Gasteiger partial charge in [0.25, 0.3) is 0 Å². The van der Waals surface area contributed by atoms with E-state index >= 15 is 0 Å². The van der Waals surface area contributed by atoms with Crippen LogP contribution in [0.25, 0.3) is 43.8 Å². The van der Waals surface area contributed by atoms with Gasteiger partial charge in [0.2, 0.25) is 0 Å². The Hall–Kier alpha value is -2.22. The molecule has 0 aromatic heterocycles. The summed E-state index contributed by atoms with van der Waals surface area (Å²) in [6, 6.07) is 37.3. The zero-order valence-corrected chi connectivity index (χ0v) is 43.3. The van der Waals surface area contributed by atoms with Crippen molar-refractivity contribution in [1.29, 1.82) is 0 Å². The van der Waals surface area contributed by atoms with Crippen molar-refractivity contribution >= 4 is 48.1 Å². The third-order valence-corrected chi connectivity index (χ3v) is 13.1. The average Bonchev–Trinajstić information content (AvgIpc) is 3.78. The van der Waals surface area contributed by atoms with Crippen LogP contribution in [-0.2, 0) is 33.7 Å². The van der Waals surface area contributed by atoms with Gasteiger partial charge in [-0.2, -0.15) is 12.1 Å². The molecule has 60 heavy (non-hydrogen) atoms. The van der Waals surface area contributed by atoms with Gasteiger partial charge in [-0.25, -0.2) is 0 Å². The van der Waals surface area contributed by atoms with Crippen LogP contribution in [0.4, 0.5) is 0 Å². The molecule has 0 bridgehead atoms. The van der Waals surface area contributed by atoms with Crippen LogP contribution in [0.5, 0.6) is 0 Å². The second-order valence-electron chi connectivity index (χ2n) is 19.2. The van der Waals surface area contributed by atoms with E-state index in [9.17, 15) is 0 Å². The van der Waals surface area contributed by atoms with Crippen molar-refractivity contribution in [2.45, 2.75) is 157 Å². The first-order valence-corrected chi connectivity index (χ1v) is 31.3. The van der Waals surface area contributed by atoms with E-state index in [1.165, 1.54) is 180 Å². The quantitative estimate of drug-likeness (QED) is 0.115. The molecule has 318 valence electrons. The maximum absolute atomic E-state index is 4.93. The van der Waals surface area contributed by atoms with Crippen LogP contribution in [0.3, 0.4) is 0 Å². The van der Waals surface area contributed by atoms with Crippen molar-refractivity contribution in [2.75, 3.05) is 0 Å². The molecule has 2 saturated carbocycles. The normalized spacial score (nSPS) is 16.3. The second kappa shape index (κ2) is 24.0. The Kier molecular flexibility index (Phi) is 19.5. The van der Waals surface area contributed by atoms with Crippen LogP contribution in [0.2, 0.25) is 13.1 Å². The molecule has 0 spiro atoms. The number of aryl methyl sites for hydroxylation is 4. The third-order valence-electron chi connectivity index (χ3n) is 13.1. The van der Waals surface area contributed by atoms with E-state index < -0.39 is 20.8 Å². The minimum absolute atomic E-state index is 0.477. The number of fused-ring (bicyclic) bond motifs is 2. The number of hydrogen-bond donors (Lipinski definition) is 0. The molecule has 0 nitrogen and oxygen atoms in total. The van der Waals surface area contributed by atoms with Gasteiger partial charge in [0.1, 0.15) is 0 Å². The van der Waals surface area contributed by atoms with Gasteiger partial charge in [0.15, 0.2) is 0 Å². The molecule has 0 amide bonds. The molecule has 6 aromatic carbocycles. The zero-order valence-electron chi connectivity index (χ0n) is 38.3. The summed E-state index contributed by atoms with van der Waals surface area (Å²) in [5.74, 6) is 0. The van der Waals surface area contributed by atoms with E-state index in [4.69, 9.17) is 17.0 Å². The Morgan fingerprint density at radius 1 is 0.500 bits per heavy atom. The number of rotatable bonds is 6. The van der Waals surface area contributed by atoms with Crippen molar-refractivity contribution < 1.29 is 20.8 Å². The van der Waals surface area contributed by atoms with Crippen LogP contribution in [-0.4, -0.2) is 9.52 Å². The third kappa shape index (κ3) is 14.4. The molecular formula is C56H72Cl2SiZr. The van der Waals surface area contributed by atoms with Gasteiger partial charge < -0.3 is 0 Å². The molecule has 4 heteroatoms. The summed E-state index contributed by atoms with van der Waals surface area (Å²) in [5.41, 5.74) is 14.9. The monoisotopic (exact) mass is 932 g/mol. The second-order valence-corrected chi connectivity index (χ2v) is 23.9. The number of halogens is 2. The molecule has 2 aliphatic carbocycles. The van der Waals surface area contributed by atoms with Crippen LogP contribution >= 0.6 is 17.0 Å². The van der Waals surface area contributed by atoms with E-state index in [-0.39, 0.29) is 0 Å². The van der Waals surface area contributed by atoms with E-state index in [1.807, 2.05) is 0 Å². The van der Waals surface area contributed by atoms with E-state index in [2.05, 4.69) is 152 Å². The van der Waals surface area contributed by atoms with Crippen LogP contribution < -0.4 is 0 Å². The summed E-state index contributed by atoms with van der Waals surface area (Å²) in [6.07, 6.45) is 22.2.